The van der Waals surface area contributed by atoms with Crippen LogP contribution in [0, 0.1) is 15.9 Å². The number of benzene rings is 2. The van der Waals surface area contributed by atoms with Crippen molar-refractivity contribution in [2.24, 2.45) is 0 Å². The van der Waals surface area contributed by atoms with Gasteiger partial charge in [-0.2, -0.15) is 5.01 Å². The molecular weight excluding hydrogens is 393 g/mol. The van der Waals surface area contributed by atoms with Crippen LogP contribution in [0.4, 0.5) is 10.1 Å². The monoisotopic (exact) mass is 403 g/mol. The molecule has 2 aromatic rings. The van der Waals surface area contributed by atoms with Gasteiger partial charge in [0.05, 0.1) is 9.83 Å². The number of hydrazine groups is 1. The molecule has 0 aromatic heterocycles. The maximum absolute atomic E-state index is 13.3. The number of para-hydroxylation sites is 1. The van der Waals surface area contributed by atoms with Gasteiger partial charge < -0.3 is 0 Å². The lowest BCUT2D eigenvalue weighted by atomic mass is 10.2. The van der Waals surface area contributed by atoms with Crippen LogP contribution in [-0.2, 0) is 4.79 Å². The van der Waals surface area contributed by atoms with Gasteiger partial charge in [-0.3, -0.25) is 25.1 Å². The van der Waals surface area contributed by atoms with Crippen molar-refractivity contribution in [3.8, 4) is 0 Å². The van der Waals surface area contributed by atoms with Crippen molar-refractivity contribution in [3.63, 3.8) is 0 Å². The fourth-order valence-electron chi connectivity index (χ4n) is 2.30. The van der Waals surface area contributed by atoms with Gasteiger partial charge in [0, 0.05) is 6.07 Å². The second-order valence-corrected chi connectivity index (χ2v) is 6.96. The van der Waals surface area contributed by atoms with E-state index in [4.69, 9.17) is 12.2 Å². The molecule has 0 aliphatic carbocycles. The number of halogens is 1. The molecule has 0 unspecified atom stereocenters. The summed E-state index contributed by atoms with van der Waals surface area (Å²) in [5, 5.41) is 11.9. The van der Waals surface area contributed by atoms with Crippen molar-refractivity contribution in [3.05, 3.63) is 80.5 Å². The Morgan fingerprint density at radius 3 is 2.70 bits per heavy atom. The molecule has 0 spiro atoms. The summed E-state index contributed by atoms with van der Waals surface area (Å²) in [5.74, 6) is -1.91. The zero-order valence-corrected chi connectivity index (χ0v) is 15.1. The van der Waals surface area contributed by atoms with Crippen LogP contribution in [0.25, 0.3) is 6.08 Å². The van der Waals surface area contributed by atoms with E-state index in [9.17, 15) is 24.1 Å². The molecule has 1 heterocycles. The number of amides is 2. The summed E-state index contributed by atoms with van der Waals surface area (Å²) in [6.07, 6.45) is 1.44. The fraction of sp³-hybridized carbons (Fsp3) is 0. The Bertz CT molecular complexity index is 1010. The van der Waals surface area contributed by atoms with Gasteiger partial charge in [-0.25, -0.2) is 4.39 Å². The van der Waals surface area contributed by atoms with Crippen molar-refractivity contribution in [2.45, 2.75) is 0 Å². The Kier molecular flexibility index (Phi) is 5.28. The summed E-state index contributed by atoms with van der Waals surface area (Å²) in [6, 6.07) is 11.0. The highest BCUT2D eigenvalue weighted by molar-refractivity contribution is 8.26. The highest BCUT2D eigenvalue weighted by Gasteiger charge is 2.34. The molecule has 0 atom stereocenters. The number of nitro groups is 1. The minimum absolute atomic E-state index is 0.0505. The van der Waals surface area contributed by atoms with Crippen LogP contribution in [0.1, 0.15) is 15.9 Å². The highest BCUT2D eigenvalue weighted by Crippen LogP contribution is 2.31. The van der Waals surface area contributed by atoms with Crippen LogP contribution in [0.5, 0.6) is 0 Å². The van der Waals surface area contributed by atoms with E-state index in [1.807, 2.05) is 0 Å². The Balaban J connectivity index is 1.82. The number of nitro benzene ring substituents is 1. The zero-order chi connectivity index (χ0) is 19.6. The smallest absolute Gasteiger partial charge is 0.267 e. The standard InChI is InChI=1S/C17H10FN3O4S2/c18-11-5-3-4-10(8-11)9-14-16(23)20(17(26)27-14)19-15(22)12-6-1-2-7-13(12)21(24)25/h1-9H,(H,19,22)/b14-9+. The van der Waals surface area contributed by atoms with E-state index in [0.29, 0.717) is 5.56 Å². The van der Waals surface area contributed by atoms with Gasteiger partial charge in [0.1, 0.15) is 11.4 Å². The Morgan fingerprint density at radius 1 is 1.26 bits per heavy atom. The number of thiocarbonyl (C=S) groups is 1. The third-order valence-electron chi connectivity index (χ3n) is 3.50. The summed E-state index contributed by atoms with van der Waals surface area (Å²) in [5.41, 5.74) is 2.14. The number of carbonyl (C=O) groups excluding carboxylic acids is 2. The lowest BCUT2D eigenvalue weighted by Gasteiger charge is -2.15. The molecule has 136 valence electrons. The molecule has 0 bridgehead atoms. The maximum atomic E-state index is 13.3. The molecule has 1 fully saturated rings. The van der Waals surface area contributed by atoms with E-state index in [2.05, 4.69) is 5.43 Å². The summed E-state index contributed by atoms with van der Waals surface area (Å²) in [6.45, 7) is 0. The maximum Gasteiger partial charge on any atom is 0.285 e. The lowest BCUT2D eigenvalue weighted by Crippen LogP contribution is -2.45. The van der Waals surface area contributed by atoms with Gasteiger partial charge in [0.25, 0.3) is 17.5 Å². The predicted molar refractivity (Wildman–Crippen MR) is 102 cm³/mol. The fourth-order valence-corrected chi connectivity index (χ4v) is 3.48. The first-order chi connectivity index (χ1) is 12.9. The molecule has 7 nitrogen and oxygen atoms in total. The van der Waals surface area contributed by atoms with Crippen LogP contribution in [0.2, 0.25) is 0 Å². The van der Waals surface area contributed by atoms with E-state index in [1.54, 1.807) is 6.07 Å². The number of rotatable bonds is 4. The molecule has 1 aliphatic rings. The van der Waals surface area contributed by atoms with Crippen LogP contribution in [0.15, 0.2) is 53.4 Å². The molecule has 27 heavy (non-hydrogen) atoms. The second-order valence-electron chi connectivity index (χ2n) is 5.29. The van der Waals surface area contributed by atoms with E-state index in [1.165, 1.54) is 48.5 Å². The minimum Gasteiger partial charge on any atom is -0.267 e. The van der Waals surface area contributed by atoms with Gasteiger partial charge in [-0.05, 0) is 42.1 Å². The number of carbonyl (C=O) groups is 2. The average molecular weight is 403 g/mol. The molecule has 2 aromatic carbocycles. The number of nitrogens with zero attached hydrogens (tertiary/aromatic N) is 2. The first-order valence-corrected chi connectivity index (χ1v) is 8.67. The first kappa shape index (κ1) is 18.7. The van der Waals surface area contributed by atoms with E-state index >= 15 is 0 Å². The molecule has 0 radical (unpaired) electrons. The summed E-state index contributed by atoms with van der Waals surface area (Å²) in [4.78, 5) is 35.4. The van der Waals surface area contributed by atoms with Crippen LogP contribution < -0.4 is 5.43 Å². The molecule has 3 rings (SSSR count). The normalized spacial score (nSPS) is 15.3. The average Bonchev–Trinajstić information content (AvgIpc) is 2.89. The van der Waals surface area contributed by atoms with Gasteiger partial charge in [0.2, 0.25) is 0 Å². The van der Waals surface area contributed by atoms with Crippen molar-refractivity contribution in [1.82, 2.24) is 10.4 Å². The Morgan fingerprint density at radius 2 is 2.00 bits per heavy atom. The van der Waals surface area contributed by atoms with Crippen molar-refractivity contribution < 1.29 is 18.9 Å². The van der Waals surface area contributed by atoms with Crippen LogP contribution in [-0.4, -0.2) is 26.1 Å². The van der Waals surface area contributed by atoms with Gasteiger partial charge >= 0.3 is 0 Å². The number of hydrogen-bond acceptors (Lipinski definition) is 6. The zero-order valence-electron chi connectivity index (χ0n) is 13.4. The Hall–Kier alpha value is -3.11. The van der Waals surface area contributed by atoms with E-state index in [-0.39, 0.29) is 14.8 Å². The highest BCUT2D eigenvalue weighted by atomic mass is 32.2. The second kappa shape index (κ2) is 7.64. The first-order valence-electron chi connectivity index (χ1n) is 7.45. The molecular formula is C17H10FN3O4S2. The van der Waals surface area contributed by atoms with Crippen LogP contribution >= 0.6 is 24.0 Å². The summed E-state index contributed by atoms with van der Waals surface area (Å²) >= 11 is 6.02. The Labute approximate surface area is 162 Å². The third-order valence-corrected chi connectivity index (χ3v) is 4.80. The SMILES string of the molecule is O=C(NN1C(=O)/C(=C\c2cccc(F)c2)SC1=S)c1ccccc1[N+](=O)[O-]. The lowest BCUT2D eigenvalue weighted by molar-refractivity contribution is -0.385. The van der Waals surface area contributed by atoms with Gasteiger partial charge in [-0.1, -0.05) is 36.0 Å². The molecule has 10 heteroatoms. The summed E-state index contributed by atoms with van der Waals surface area (Å²) in [7, 11) is 0. The van der Waals surface area contributed by atoms with E-state index < -0.39 is 28.2 Å². The van der Waals surface area contributed by atoms with Crippen molar-refractivity contribution in [2.75, 3.05) is 0 Å². The molecule has 1 saturated heterocycles. The molecule has 2 amide bonds. The van der Waals surface area contributed by atoms with Crippen molar-refractivity contribution in [1.29, 1.82) is 0 Å². The summed E-state index contributed by atoms with van der Waals surface area (Å²) < 4.78 is 13.3. The third kappa shape index (κ3) is 4.01. The number of nitrogens with one attached hydrogen (secondary N) is 1. The molecule has 1 aliphatic heterocycles. The minimum atomic E-state index is -0.842. The predicted octanol–water partition coefficient (Wildman–Crippen LogP) is 3.28. The molecule has 1 N–H and O–H groups in total. The van der Waals surface area contributed by atoms with Crippen LogP contribution in [0.3, 0.4) is 0 Å². The molecule has 0 saturated carbocycles. The van der Waals surface area contributed by atoms with Gasteiger partial charge in [0.15, 0.2) is 4.32 Å². The quantitative estimate of drug-likeness (QED) is 0.365. The topological polar surface area (TPSA) is 92.6 Å². The van der Waals surface area contributed by atoms with E-state index in [0.717, 1.165) is 16.8 Å². The number of hydrogen-bond donors (Lipinski definition) is 1. The number of thioether (sulfide) groups is 1. The van der Waals surface area contributed by atoms with Crippen molar-refractivity contribution >= 4 is 51.9 Å². The largest absolute Gasteiger partial charge is 0.285 e. The van der Waals surface area contributed by atoms with Gasteiger partial charge in [-0.15, -0.1) is 0 Å².